The highest BCUT2D eigenvalue weighted by atomic mass is 16.7. The lowest BCUT2D eigenvalue weighted by Crippen LogP contribution is -2.48. The van der Waals surface area contributed by atoms with Crippen molar-refractivity contribution in [1.82, 2.24) is 15.3 Å². The molecule has 5 rings (SSSR count). The van der Waals surface area contributed by atoms with Gasteiger partial charge in [0.1, 0.15) is 0 Å². The molecule has 3 aromatic carbocycles. The van der Waals surface area contributed by atoms with Crippen molar-refractivity contribution in [3.63, 3.8) is 0 Å². The molecule has 11 nitrogen and oxygen atoms in total. The van der Waals surface area contributed by atoms with Crippen LogP contribution in [-0.2, 0) is 14.4 Å². The van der Waals surface area contributed by atoms with E-state index < -0.39 is 5.97 Å². The first-order valence-corrected chi connectivity index (χ1v) is 14.6. The molecule has 1 fully saturated rings. The number of esters is 1. The molecule has 0 atom stereocenters. The van der Waals surface area contributed by atoms with Gasteiger partial charge < -0.3 is 20.5 Å². The van der Waals surface area contributed by atoms with Gasteiger partial charge in [-0.05, 0) is 54.4 Å². The van der Waals surface area contributed by atoms with Crippen LogP contribution in [0.3, 0.4) is 0 Å². The Hall–Kier alpha value is -4.55. The molecule has 11 heteroatoms. The third-order valence-corrected chi connectivity index (χ3v) is 7.80. The van der Waals surface area contributed by atoms with E-state index in [-0.39, 0.29) is 18.4 Å². The summed E-state index contributed by atoms with van der Waals surface area (Å²) in [5.41, 5.74) is 7.72. The SMILES string of the molecule is COC(=O)c1cc2c(cc1C)/C(=C(\Nc1ccc(C(=O)NOCCN3CCN(CCO)CC3)cc1)c1ccccc1)C(=O)N2. The van der Waals surface area contributed by atoms with Gasteiger partial charge in [0.05, 0.1) is 42.8 Å². The standard InChI is InChI=1S/C33H37N5O6/c1-22-20-27-28(21-26(22)33(42)43-2)35-32(41)29(27)30(23-6-4-3-5-7-23)34-25-10-8-24(9-11-25)31(40)36-44-19-17-38-14-12-37(13-15-38)16-18-39/h3-11,20-21,34,39H,12-19H2,1-2H3,(H,35,41)(H,36,40)/b30-29+. The summed E-state index contributed by atoms with van der Waals surface area (Å²) in [5, 5.41) is 15.3. The first-order chi connectivity index (χ1) is 21.4. The number of benzene rings is 3. The van der Waals surface area contributed by atoms with Gasteiger partial charge in [0, 0.05) is 56.1 Å². The van der Waals surface area contributed by atoms with Gasteiger partial charge in [-0.2, -0.15) is 0 Å². The predicted octanol–water partition coefficient (Wildman–Crippen LogP) is 2.99. The molecular weight excluding hydrogens is 562 g/mol. The molecule has 0 unspecified atom stereocenters. The highest BCUT2D eigenvalue weighted by Gasteiger charge is 2.30. The topological polar surface area (TPSA) is 132 Å². The van der Waals surface area contributed by atoms with Crippen LogP contribution in [0.2, 0.25) is 0 Å². The molecule has 44 heavy (non-hydrogen) atoms. The highest BCUT2D eigenvalue weighted by molar-refractivity contribution is 6.37. The number of aliphatic hydroxyl groups is 1. The van der Waals surface area contributed by atoms with Gasteiger partial charge in [0.25, 0.3) is 11.8 Å². The maximum atomic E-state index is 13.3. The van der Waals surface area contributed by atoms with E-state index in [1.807, 2.05) is 36.4 Å². The van der Waals surface area contributed by atoms with Gasteiger partial charge in [0.15, 0.2) is 0 Å². The van der Waals surface area contributed by atoms with E-state index in [0.29, 0.717) is 64.6 Å². The minimum Gasteiger partial charge on any atom is -0.465 e. The van der Waals surface area contributed by atoms with Crippen molar-refractivity contribution in [1.29, 1.82) is 0 Å². The normalized spacial score (nSPS) is 16.2. The number of hydroxylamine groups is 1. The number of amides is 2. The molecule has 0 spiro atoms. The fourth-order valence-electron chi connectivity index (χ4n) is 5.36. The van der Waals surface area contributed by atoms with Crippen LogP contribution in [-0.4, -0.2) is 92.3 Å². The van der Waals surface area contributed by atoms with E-state index in [1.165, 1.54) is 7.11 Å². The number of aryl methyl sites for hydroxylation is 1. The zero-order valence-corrected chi connectivity index (χ0v) is 24.9. The van der Waals surface area contributed by atoms with Crippen LogP contribution in [0.5, 0.6) is 0 Å². The van der Waals surface area contributed by atoms with Crippen LogP contribution in [0.25, 0.3) is 11.3 Å². The summed E-state index contributed by atoms with van der Waals surface area (Å²) in [6.45, 7) is 7.34. The number of rotatable bonds is 11. The zero-order valence-electron chi connectivity index (χ0n) is 24.9. The number of nitrogens with zero attached hydrogens (tertiary/aromatic N) is 2. The Labute approximate surface area is 256 Å². The van der Waals surface area contributed by atoms with Crippen molar-refractivity contribution >= 4 is 40.4 Å². The molecule has 0 saturated carbocycles. The predicted molar refractivity (Wildman–Crippen MR) is 168 cm³/mol. The van der Waals surface area contributed by atoms with Crippen LogP contribution < -0.4 is 16.1 Å². The fourth-order valence-corrected chi connectivity index (χ4v) is 5.36. The molecule has 0 bridgehead atoms. The first kappa shape index (κ1) is 30.9. The average molecular weight is 600 g/mol. The summed E-state index contributed by atoms with van der Waals surface area (Å²) in [7, 11) is 1.32. The summed E-state index contributed by atoms with van der Waals surface area (Å²) in [6, 6.07) is 19.8. The smallest absolute Gasteiger partial charge is 0.338 e. The second-order valence-electron chi connectivity index (χ2n) is 10.7. The number of hydrogen-bond donors (Lipinski definition) is 4. The van der Waals surface area contributed by atoms with Crippen LogP contribution in [0.1, 0.15) is 37.4 Å². The van der Waals surface area contributed by atoms with Crippen LogP contribution in [0.15, 0.2) is 66.7 Å². The van der Waals surface area contributed by atoms with Crippen LogP contribution in [0, 0.1) is 6.92 Å². The summed E-state index contributed by atoms with van der Waals surface area (Å²) in [4.78, 5) is 48.2. The van der Waals surface area contributed by atoms with Crippen molar-refractivity contribution in [3.8, 4) is 0 Å². The van der Waals surface area contributed by atoms with Crippen LogP contribution in [0.4, 0.5) is 11.4 Å². The number of piperazine rings is 1. The molecule has 0 aliphatic carbocycles. The fraction of sp³-hybridized carbons (Fsp3) is 0.303. The first-order valence-electron chi connectivity index (χ1n) is 14.6. The van der Waals surface area contributed by atoms with Crippen molar-refractivity contribution in [2.24, 2.45) is 0 Å². The van der Waals surface area contributed by atoms with Gasteiger partial charge in [-0.15, -0.1) is 0 Å². The van der Waals surface area contributed by atoms with Crippen LogP contribution >= 0.6 is 0 Å². The number of methoxy groups -OCH3 is 1. The minimum absolute atomic E-state index is 0.171. The average Bonchev–Trinajstić information content (AvgIpc) is 3.36. The molecule has 2 aliphatic heterocycles. The van der Waals surface area contributed by atoms with Gasteiger partial charge in [-0.3, -0.25) is 24.2 Å². The van der Waals surface area contributed by atoms with E-state index in [9.17, 15) is 14.4 Å². The largest absolute Gasteiger partial charge is 0.465 e. The van der Waals surface area contributed by atoms with E-state index in [1.54, 1.807) is 37.3 Å². The van der Waals surface area contributed by atoms with Gasteiger partial charge in [0.2, 0.25) is 0 Å². The molecule has 2 heterocycles. The lowest BCUT2D eigenvalue weighted by Gasteiger charge is -2.34. The number of carbonyl (C=O) groups is 3. The Morgan fingerprint density at radius 3 is 2.27 bits per heavy atom. The van der Waals surface area contributed by atoms with E-state index in [4.69, 9.17) is 14.7 Å². The third-order valence-electron chi connectivity index (χ3n) is 7.80. The van der Waals surface area contributed by atoms with Gasteiger partial charge >= 0.3 is 5.97 Å². The minimum atomic E-state index is -0.471. The Morgan fingerprint density at radius 1 is 0.932 bits per heavy atom. The Morgan fingerprint density at radius 2 is 1.61 bits per heavy atom. The highest BCUT2D eigenvalue weighted by Crippen LogP contribution is 2.39. The number of hydrogen-bond acceptors (Lipinski definition) is 9. The molecule has 1 saturated heterocycles. The molecular formula is C33H37N5O6. The second-order valence-corrected chi connectivity index (χ2v) is 10.7. The quantitative estimate of drug-likeness (QED) is 0.114. The summed E-state index contributed by atoms with van der Waals surface area (Å²) in [5.74, 6) is -1.12. The lowest BCUT2D eigenvalue weighted by atomic mass is 9.96. The summed E-state index contributed by atoms with van der Waals surface area (Å²) in [6.07, 6.45) is 0. The number of nitrogens with one attached hydrogen (secondary N) is 3. The van der Waals surface area contributed by atoms with Crippen molar-refractivity contribution in [2.75, 3.05) is 70.2 Å². The number of carbonyl (C=O) groups excluding carboxylic acids is 3. The second kappa shape index (κ2) is 14.3. The monoisotopic (exact) mass is 599 g/mol. The van der Waals surface area contributed by atoms with E-state index in [2.05, 4.69) is 25.9 Å². The van der Waals surface area contributed by atoms with Gasteiger partial charge in [-0.1, -0.05) is 30.3 Å². The van der Waals surface area contributed by atoms with Gasteiger partial charge in [-0.25, -0.2) is 10.3 Å². The molecule has 3 aromatic rings. The van der Waals surface area contributed by atoms with Crippen molar-refractivity contribution < 1.29 is 29.1 Å². The molecule has 2 aliphatic rings. The summed E-state index contributed by atoms with van der Waals surface area (Å²) < 4.78 is 4.89. The number of aliphatic hydroxyl groups excluding tert-OH is 1. The van der Waals surface area contributed by atoms with Crippen molar-refractivity contribution in [2.45, 2.75) is 6.92 Å². The number of β-amino-alcohol motifs (C(OH)–C–C–N with tert-alkyl or cyclic N) is 1. The number of ether oxygens (including phenoxy) is 1. The molecule has 0 aromatic heterocycles. The Balaban J connectivity index is 1.27. The maximum Gasteiger partial charge on any atom is 0.338 e. The number of anilines is 2. The molecule has 2 amide bonds. The van der Waals surface area contributed by atoms with E-state index in [0.717, 1.165) is 31.7 Å². The third kappa shape index (κ3) is 7.14. The molecule has 230 valence electrons. The van der Waals surface area contributed by atoms with E-state index >= 15 is 0 Å². The molecule has 0 radical (unpaired) electrons. The summed E-state index contributed by atoms with van der Waals surface area (Å²) >= 11 is 0. The lowest BCUT2D eigenvalue weighted by molar-refractivity contribution is -0.110. The maximum absolute atomic E-state index is 13.3. The Kier molecular flexibility index (Phi) is 10.0. The van der Waals surface area contributed by atoms with Crippen molar-refractivity contribution in [3.05, 3.63) is 94.5 Å². The molecule has 4 N–H and O–H groups in total. The number of fused-ring (bicyclic) bond motifs is 1. The zero-order chi connectivity index (χ0) is 31.1. The Bertz CT molecular complexity index is 1530.